The molecule has 0 radical (unpaired) electrons. The molecule has 1 N–H and O–H groups in total. The molecular weight excluding hydrogens is 584 g/mol. The van der Waals surface area contributed by atoms with Crippen LogP contribution >= 0.6 is 0 Å². The van der Waals surface area contributed by atoms with Crippen molar-refractivity contribution in [1.82, 2.24) is 0 Å². The first-order valence-electron chi connectivity index (χ1n) is 15.5. The number of ether oxygens (including phenoxy) is 5. The number of carbonyl (C=O) groups is 4. The topological polar surface area (TPSA) is 148 Å². The first kappa shape index (κ1) is 31.5. The van der Waals surface area contributed by atoms with Crippen LogP contribution in [0.3, 0.4) is 0 Å². The number of rotatable bonds is 6. The normalized spacial score (nSPS) is 42.6. The zero-order valence-electron chi connectivity index (χ0n) is 27.0. The van der Waals surface area contributed by atoms with Crippen LogP contribution in [0.4, 0.5) is 0 Å². The van der Waals surface area contributed by atoms with E-state index in [4.69, 9.17) is 28.1 Å². The van der Waals surface area contributed by atoms with Crippen molar-refractivity contribution < 1.29 is 52.4 Å². The van der Waals surface area contributed by atoms with Gasteiger partial charge in [0.15, 0.2) is 5.79 Å². The zero-order valence-corrected chi connectivity index (χ0v) is 27.0. The first-order valence-corrected chi connectivity index (χ1v) is 15.5. The molecule has 4 heterocycles. The third-order valence-electron chi connectivity index (χ3n) is 12.0. The van der Waals surface area contributed by atoms with E-state index >= 15 is 0 Å². The summed E-state index contributed by atoms with van der Waals surface area (Å²) in [7, 11) is 1.31. The Morgan fingerprint density at radius 1 is 1.11 bits per heavy atom. The molecule has 11 heteroatoms. The monoisotopic (exact) mass is 626 g/mol. The number of hydrogen-bond acceptors (Lipinski definition) is 11. The maximum atomic E-state index is 13.4. The highest BCUT2D eigenvalue weighted by molar-refractivity contribution is 5.88. The molecule has 2 saturated carbocycles. The van der Waals surface area contributed by atoms with Crippen molar-refractivity contribution in [1.29, 1.82) is 0 Å². The van der Waals surface area contributed by atoms with Gasteiger partial charge in [0.2, 0.25) is 0 Å². The lowest BCUT2D eigenvalue weighted by Crippen LogP contribution is -2.76. The largest absolute Gasteiger partial charge is 0.472 e. The molecule has 10 atom stereocenters. The summed E-state index contributed by atoms with van der Waals surface area (Å²) in [5.41, 5.74) is -2.85. The fraction of sp³-hybridized carbons (Fsp3) is 0.647. The van der Waals surface area contributed by atoms with E-state index in [0.29, 0.717) is 29.6 Å². The van der Waals surface area contributed by atoms with Gasteiger partial charge in [0.25, 0.3) is 0 Å². The third kappa shape index (κ3) is 3.89. The van der Waals surface area contributed by atoms with Crippen LogP contribution in [0.5, 0.6) is 0 Å². The molecule has 244 valence electrons. The first-order chi connectivity index (χ1) is 21.0. The van der Waals surface area contributed by atoms with Crippen LogP contribution in [-0.2, 0) is 42.9 Å². The molecule has 45 heavy (non-hydrogen) atoms. The number of aliphatic hydroxyl groups is 1. The molecule has 2 bridgehead atoms. The predicted octanol–water partition coefficient (Wildman–Crippen LogP) is 4.34. The molecule has 1 aromatic rings. The molecule has 2 aliphatic carbocycles. The van der Waals surface area contributed by atoms with Crippen molar-refractivity contribution in [3.8, 4) is 0 Å². The van der Waals surface area contributed by atoms with Gasteiger partial charge in [0, 0.05) is 52.7 Å². The van der Waals surface area contributed by atoms with E-state index in [2.05, 4.69) is 0 Å². The molecule has 5 aliphatic rings. The zero-order chi connectivity index (χ0) is 32.9. The van der Waals surface area contributed by atoms with Crippen LogP contribution in [0.15, 0.2) is 46.3 Å². The Morgan fingerprint density at radius 2 is 1.82 bits per heavy atom. The van der Waals surface area contributed by atoms with Gasteiger partial charge in [0.1, 0.15) is 23.9 Å². The van der Waals surface area contributed by atoms with Gasteiger partial charge in [-0.2, -0.15) is 0 Å². The van der Waals surface area contributed by atoms with Crippen LogP contribution in [0.1, 0.15) is 79.4 Å². The van der Waals surface area contributed by atoms with Crippen molar-refractivity contribution in [3.05, 3.63) is 47.5 Å². The Morgan fingerprint density at radius 3 is 2.42 bits per heavy atom. The molecule has 3 aliphatic heterocycles. The Labute approximate surface area is 262 Å². The van der Waals surface area contributed by atoms with E-state index in [-0.39, 0.29) is 6.42 Å². The second-order valence-electron chi connectivity index (χ2n) is 14.3. The summed E-state index contributed by atoms with van der Waals surface area (Å²) in [5.74, 6) is -6.52. The second-order valence-corrected chi connectivity index (χ2v) is 14.3. The van der Waals surface area contributed by atoms with Crippen molar-refractivity contribution in [2.45, 2.75) is 97.4 Å². The molecule has 1 aromatic heterocycles. The van der Waals surface area contributed by atoms with E-state index in [1.165, 1.54) is 32.6 Å². The summed E-state index contributed by atoms with van der Waals surface area (Å²) < 4.78 is 35.7. The molecule has 11 nitrogen and oxygen atoms in total. The highest BCUT2D eigenvalue weighted by Crippen LogP contribution is 2.81. The molecule has 0 aromatic carbocycles. The van der Waals surface area contributed by atoms with E-state index in [9.17, 15) is 24.3 Å². The Kier molecular flexibility index (Phi) is 7.03. The van der Waals surface area contributed by atoms with Gasteiger partial charge in [-0.25, -0.2) is 9.59 Å². The van der Waals surface area contributed by atoms with Gasteiger partial charge in [-0.3, -0.25) is 9.59 Å². The highest BCUT2D eigenvalue weighted by atomic mass is 16.7. The van der Waals surface area contributed by atoms with E-state index in [1.807, 2.05) is 27.7 Å². The fourth-order valence-electron chi connectivity index (χ4n) is 9.94. The van der Waals surface area contributed by atoms with E-state index in [1.54, 1.807) is 26.0 Å². The maximum Gasteiger partial charge on any atom is 0.333 e. The molecule has 6 rings (SSSR count). The summed E-state index contributed by atoms with van der Waals surface area (Å²) in [6.07, 6.45) is 4.06. The molecule has 2 saturated heterocycles. The van der Waals surface area contributed by atoms with Crippen LogP contribution < -0.4 is 0 Å². The summed E-state index contributed by atoms with van der Waals surface area (Å²) in [4.78, 5) is 52.6. The number of fused-ring (bicyclic) bond motifs is 2. The van der Waals surface area contributed by atoms with Gasteiger partial charge < -0.3 is 33.2 Å². The van der Waals surface area contributed by atoms with Crippen molar-refractivity contribution >= 4 is 23.9 Å². The number of esters is 4. The summed E-state index contributed by atoms with van der Waals surface area (Å²) >= 11 is 0. The number of methoxy groups -OCH3 is 1. The Hall–Kier alpha value is -3.44. The number of allylic oxidation sites excluding steroid dienone is 1. The van der Waals surface area contributed by atoms with Crippen LogP contribution in [0, 0.1) is 34.0 Å². The quantitative estimate of drug-likeness (QED) is 0.273. The van der Waals surface area contributed by atoms with Crippen LogP contribution in [0.25, 0.3) is 0 Å². The lowest BCUT2D eigenvalue weighted by Gasteiger charge is -2.66. The molecule has 0 unspecified atom stereocenters. The highest BCUT2D eigenvalue weighted by Gasteiger charge is 2.90. The standard InChI is InChI=1S/C34H42O11/c1-9-17(2)29(38)44-27-25-28(42-18(3)35)33-20(32(7,34(25,39)45-33)21(30(27,4)5)14-23(36)40-8)10-12-31(6)22(33)15-24(37)43-26(31)19-11-13-41-16-19/h9,11,13,15-16,20-21,25-28,39H,10,12,14H2,1-8H3/b17-9+/t20-,21+,25+,26+,27-,28-,31-,32-,33-,34+/m1/s1. The number of carbonyl (C=O) groups excluding carboxylic acids is 4. The number of cyclic esters (lactones) is 1. The van der Waals surface area contributed by atoms with Gasteiger partial charge in [0.05, 0.1) is 25.6 Å². The minimum absolute atomic E-state index is 0.0874. The maximum absolute atomic E-state index is 13.4. The van der Waals surface area contributed by atoms with Gasteiger partial charge in [-0.15, -0.1) is 0 Å². The van der Waals surface area contributed by atoms with Crippen molar-refractivity contribution in [2.24, 2.45) is 34.0 Å². The van der Waals surface area contributed by atoms with Crippen molar-refractivity contribution in [2.75, 3.05) is 7.11 Å². The van der Waals surface area contributed by atoms with Crippen molar-refractivity contribution in [3.63, 3.8) is 0 Å². The predicted molar refractivity (Wildman–Crippen MR) is 156 cm³/mol. The summed E-state index contributed by atoms with van der Waals surface area (Å²) in [5, 5.41) is 13.0. The average molecular weight is 627 g/mol. The summed E-state index contributed by atoms with van der Waals surface area (Å²) in [6.45, 7) is 12.3. The van der Waals surface area contributed by atoms with E-state index in [0.717, 1.165) is 0 Å². The minimum Gasteiger partial charge on any atom is -0.472 e. The second kappa shape index (κ2) is 10.0. The Bertz CT molecular complexity index is 1510. The smallest absolute Gasteiger partial charge is 0.333 e. The van der Waals surface area contributed by atoms with Gasteiger partial charge in [-0.1, -0.05) is 33.8 Å². The summed E-state index contributed by atoms with van der Waals surface area (Å²) in [6, 6.07) is 1.74. The minimum atomic E-state index is -2.03. The van der Waals surface area contributed by atoms with Crippen LogP contribution in [-0.4, -0.2) is 59.7 Å². The molecular formula is C34H42O11. The Balaban J connectivity index is 1.62. The third-order valence-corrected chi connectivity index (χ3v) is 12.0. The SMILES string of the molecule is C/C=C(\C)C(=O)O[C@@H]1[C@H]2[C@@H](OC(C)=O)[C@@]34O[C@]2(O)[C@@](C)([C@@H](CC(=O)OC)C1(C)C)[C@H]3CC[C@]1(C)C4=CC(=O)O[C@H]1c1ccoc1. The lowest BCUT2D eigenvalue weighted by atomic mass is 9.37. The molecule has 0 amide bonds. The number of hydrogen-bond donors (Lipinski definition) is 1. The molecule has 1 spiro atoms. The van der Waals surface area contributed by atoms with Gasteiger partial charge >= 0.3 is 23.9 Å². The van der Waals surface area contributed by atoms with Crippen LogP contribution in [0.2, 0.25) is 0 Å². The fourth-order valence-corrected chi connectivity index (χ4v) is 9.94. The van der Waals surface area contributed by atoms with Gasteiger partial charge in [-0.05, 0) is 44.2 Å². The molecule has 4 fully saturated rings. The average Bonchev–Trinajstić information content (AvgIpc) is 3.64. The lowest BCUT2D eigenvalue weighted by molar-refractivity contribution is -0.325. The van der Waals surface area contributed by atoms with E-state index < -0.39 is 87.6 Å². The number of furan rings is 1.